The minimum absolute atomic E-state index is 0.0788. The van der Waals surface area contributed by atoms with Gasteiger partial charge in [0, 0.05) is 17.5 Å². The second-order valence-electron chi connectivity index (χ2n) is 8.62. The van der Waals surface area contributed by atoms with Crippen molar-refractivity contribution in [3.05, 3.63) is 88.0 Å². The number of aliphatic hydroxyl groups excluding tert-OH is 1. The number of carboxylic acid groups (broad SMARTS) is 1. The molecule has 3 aromatic rings. The highest BCUT2D eigenvalue weighted by molar-refractivity contribution is 6.07. The number of aryl methyl sites for hydroxylation is 2. The molecule has 0 atom stereocenters. The van der Waals surface area contributed by atoms with Crippen molar-refractivity contribution in [3.63, 3.8) is 0 Å². The molecule has 0 aliphatic rings. The van der Waals surface area contributed by atoms with Crippen LogP contribution in [0.15, 0.2) is 54.6 Å². The van der Waals surface area contributed by atoms with Gasteiger partial charge >= 0.3 is 12.1 Å². The lowest BCUT2D eigenvalue weighted by Crippen LogP contribution is -2.20. The average Bonchev–Trinajstić information content (AvgIpc) is 2.82. The Kier molecular flexibility index (Phi) is 9.35. The van der Waals surface area contributed by atoms with E-state index in [0.717, 1.165) is 11.6 Å². The van der Waals surface area contributed by atoms with E-state index in [9.17, 15) is 27.9 Å². The van der Waals surface area contributed by atoms with Gasteiger partial charge in [0.15, 0.2) is 0 Å². The highest BCUT2D eigenvalue weighted by atomic mass is 19.4. The van der Waals surface area contributed by atoms with Gasteiger partial charge in [-0.15, -0.1) is 0 Å². The number of nitrogens with one attached hydrogen (secondary N) is 1. The molecule has 3 N–H and O–H groups in total. The van der Waals surface area contributed by atoms with Crippen LogP contribution in [-0.2, 0) is 23.8 Å². The molecule has 0 aromatic heterocycles. The molecule has 0 bridgehead atoms. The van der Waals surface area contributed by atoms with Crippen molar-refractivity contribution in [1.29, 1.82) is 0 Å². The third-order valence-electron chi connectivity index (χ3n) is 5.68. The Morgan fingerprint density at radius 2 is 1.61 bits per heavy atom. The topological polar surface area (TPSA) is 105 Å². The number of alkyl halides is 3. The molecule has 0 saturated heterocycles. The Labute approximate surface area is 217 Å². The fourth-order valence-electron chi connectivity index (χ4n) is 4.04. The van der Waals surface area contributed by atoms with Crippen molar-refractivity contribution >= 4 is 17.6 Å². The van der Waals surface area contributed by atoms with Gasteiger partial charge in [-0.25, -0.2) is 0 Å². The molecule has 0 spiro atoms. The van der Waals surface area contributed by atoms with Crippen LogP contribution in [-0.4, -0.2) is 41.9 Å². The number of hydrogen-bond acceptors (Lipinski definition) is 5. The molecule has 10 heteroatoms. The quantitative estimate of drug-likeness (QED) is 0.314. The molecule has 0 aliphatic heterocycles. The number of halogens is 3. The summed E-state index contributed by atoms with van der Waals surface area (Å²) in [4.78, 5) is 24.4. The Morgan fingerprint density at radius 3 is 2.18 bits per heavy atom. The average molecular weight is 532 g/mol. The van der Waals surface area contributed by atoms with Crippen LogP contribution in [0.2, 0.25) is 0 Å². The first-order valence-corrected chi connectivity index (χ1v) is 11.8. The summed E-state index contributed by atoms with van der Waals surface area (Å²) in [5, 5.41) is 20.5. The van der Waals surface area contributed by atoms with E-state index >= 15 is 0 Å². The zero-order valence-corrected chi connectivity index (χ0v) is 20.9. The van der Waals surface area contributed by atoms with E-state index in [2.05, 4.69) is 5.32 Å². The number of aliphatic hydroxyl groups is 1. The number of carbonyl (C=O) groups excluding carboxylic acids is 1. The number of amides is 1. The molecule has 7 nitrogen and oxygen atoms in total. The van der Waals surface area contributed by atoms with Crippen molar-refractivity contribution in [2.75, 3.05) is 25.1 Å². The second kappa shape index (κ2) is 12.5. The minimum Gasteiger partial charge on any atom is -0.493 e. The van der Waals surface area contributed by atoms with Crippen LogP contribution in [0.4, 0.5) is 18.9 Å². The molecule has 0 heterocycles. The molecule has 38 heavy (non-hydrogen) atoms. The van der Waals surface area contributed by atoms with Crippen LogP contribution in [0.1, 0.15) is 38.2 Å². The minimum atomic E-state index is -4.87. The zero-order valence-electron chi connectivity index (χ0n) is 20.9. The van der Waals surface area contributed by atoms with Crippen molar-refractivity contribution in [2.45, 2.75) is 32.9 Å². The molecule has 0 saturated carbocycles. The van der Waals surface area contributed by atoms with Crippen LogP contribution < -0.4 is 14.8 Å². The number of carbonyl (C=O) groups is 2. The maximum absolute atomic E-state index is 13.9. The molecule has 0 radical (unpaired) electrons. The lowest BCUT2D eigenvalue weighted by atomic mass is 10.00. The van der Waals surface area contributed by atoms with Crippen LogP contribution in [0, 0.1) is 13.8 Å². The number of aliphatic carboxylic acids is 1. The maximum Gasteiger partial charge on any atom is 0.418 e. The van der Waals surface area contributed by atoms with E-state index in [1.807, 2.05) is 30.3 Å². The van der Waals surface area contributed by atoms with Crippen LogP contribution in [0.5, 0.6) is 11.5 Å². The zero-order chi connectivity index (χ0) is 27.9. The summed E-state index contributed by atoms with van der Waals surface area (Å²) >= 11 is 0. The Morgan fingerprint density at radius 1 is 0.947 bits per heavy atom. The van der Waals surface area contributed by atoms with Crippen molar-refractivity contribution < 1.29 is 42.4 Å². The van der Waals surface area contributed by atoms with Gasteiger partial charge in [-0.05, 0) is 54.8 Å². The van der Waals surface area contributed by atoms with Crippen molar-refractivity contribution in [2.24, 2.45) is 0 Å². The summed E-state index contributed by atoms with van der Waals surface area (Å²) in [6.07, 6.45) is -4.84. The fourth-order valence-corrected chi connectivity index (χ4v) is 4.04. The van der Waals surface area contributed by atoms with Crippen molar-refractivity contribution in [1.82, 2.24) is 0 Å². The number of benzene rings is 3. The lowest BCUT2D eigenvalue weighted by Gasteiger charge is -2.19. The number of anilines is 1. The normalized spacial score (nSPS) is 11.2. The number of ether oxygens (including phenoxy) is 2. The molecule has 202 valence electrons. The van der Waals surface area contributed by atoms with E-state index in [1.54, 1.807) is 26.0 Å². The predicted octanol–water partition coefficient (Wildman–Crippen LogP) is 5.19. The molecule has 0 aliphatic carbocycles. The lowest BCUT2D eigenvalue weighted by molar-refractivity contribution is -0.137. The highest BCUT2D eigenvalue weighted by Gasteiger charge is 2.36. The van der Waals surface area contributed by atoms with Gasteiger partial charge in [-0.1, -0.05) is 30.3 Å². The van der Waals surface area contributed by atoms with Gasteiger partial charge in [0.25, 0.3) is 5.91 Å². The molecular weight excluding hydrogens is 503 g/mol. The fraction of sp³-hybridized carbons (Fsp3) is 0.286. The van der Waals surface area contributed by atoms with E-state index < -0.39 is 42.3 Å². The first-order valence-electron chi connectivity index (χ1n) is 11.8. The third-order valence-corrected chi connectivity index (χ3v) is 5.68. The number of rotatable bonds is 11. The first kappa shape index (κ1) is 28.5. The van der Waals surface area contributed by atoms with Gasteiger partial charge in [0.05, 0.1) is 30.9 Å². The Hall–Kier alpha value is -4.05. The van der Waals surface area contributed by atoms with E-state index in [-0.39, 0.29) is 23.5 Å². The summed E-state index contributed by atoms with van der Waals surface area (Å²) in [7, 11) is 0. The number of carboxylic acids is 1. The van der Waals surface area contributed by atoms with Gasteiger partial charge in [0.2, 0.25) is 0 Å². The second-order valence-corrected chi connectivity index (χ2v) is 8.62. The largest absolute Gasteiger partial charge is 0.493 e. The van der Waals surface area contributed by atoms with Gasteiger partial charge in [-0.3, -0.25) is 9.59 Å². The van der Waals surface area contributed by atoms with Gasteiger partial charge < -0.3 is 25.0 Å². The Balaban J connectivity index is 1.87. The van der Waals surface area contributed by atoms with E-state index in [4.69, 9.17) is 14.6 Å². The standard InChI is InChI=1S/C28H28F3NO6/c1-17-12-21(37-10-8-19-6-4-3-5-7-19)13-18(2)26(17)27(36)32-23-14-20(15-25(34)35)24(38-11-9-33)16-22(23)28(29,30)31/h3-7,12-14,16,33H,8-11,15H2,1-2H3,(H,32,36)(H,34,35). The first-order chi connectivity index (χ1) is 18.0. The molecule has 3 aromatic carbocycles. The van der Waals surface area contributed by atoms with Crippen molar-refractivity contribution in [3.8, 4) is 11.5 Å². The molecule has 0 fully saturated rings. The molecule has 1 amide bonds. The summed E-state index contributed by atoms with van der Waals surface area (Å²) in [5.74, 6) is -1.90. The molecule has 3 rings (SSSR count). The van der Waals surface area contributed by atoms with Gasteiger partial charge in [0.1, 0.15) is 18.1 Å². The maximum atomic E-state index is 13.9. The summed E-state index contributed by atoms with van der Waals surface area (Å²) in [6.45, 7) is 2.90. The summed E-state index contributed by atoms with van der Waals surface area (Å²) in [6, 6.07) is 14.6. The molecule has 0 unspecified atom stereocenters. The van der Waals surface area contributed by atoms with Gasteiger partial charge in [-0.2, -0.15) is 13.2 Å². The van der Waals surface area contributed by atoms with Crippen LogP contribution >= 0.6 is 0 Å². The Bertz CT molecular complexity index is 1270. The van der Waals surface area contributed by atoms with Crippen LogP contribution in [0.3, 0.4) is 0 Å². The smallest absolute Gasteiger partial charge is 0.418 e. The third kappa shape index (κ3) is 7.48. The number of hydrogen-bond donors (Lipinski definition) is 3. The highest BCUT2D eigenvalue weighted by Crippen LogP contribution is 2.39. The monoisotopic (exact) mass is 531 g/mol. The SMILES string of the molecule is Cc1cc(OCCc2ccccc2)cc(C)c1C(=O)Nc1cc(CC(=O)O)c(OCCO)cc1C(F)(F)F. The molecular formula is C28H28F3NO6. The summed E-state index contributed by atoms with van der Waals surface area (Å²) in [5.41, 5.74) is 0.395. The van der Waals surface area contributed by atoms with E-state index in [1.165, 1.54) is 0 Å². The predicted molar refractivity (Wildman–Crippen MR) is 135 cm³/mol. The van der Waals surface area contributed by atoms with Crippen LogP contribution in [0.25, 0.3) is 0 Å². The van der Waals surface area contributed by atoms with E-state index in [0.29, 0.717) is 36.0 Å². The summed E-state index contributed by atoms with van der Waals surface area (Å²) < 4.78 is 52.5.